The number of halogens is 3. The van der Waals surface area contributed by atoms with Gasteiger partial charge in [0.15, 0.2) is 6.61 Å². The van der Waals surface area contributed by atoms with Crippen LogP contribution in [0.1, 0.15) is 5.56 Å². The number of carbonyl (C=O) groups excluding carboxylic acids is 1. The van der Waals surface area contributed by atoms with E-state index < -0.39 is 0 Å². The van der Waals surface area contributed by atoms with E-state index in [0.29, 0.717) is 28.0 Å². The molecule has 3 aromatic carbocycles. The largest absolute Gasteiger partial charge is 0.482 e. The van der Waals surface area contributed by atoms with Crippen molar-refractivity contribution in [2.45, 2.75) is 6.92 Å². The van der Waals surface area contributed by atoms with Crippen LogP contribution in [0.25, 0.3) is 0 Å². The Morgan fingerprint density at radius 2 is 1.61 bits per heavy atom. The van der Waals surface area contributed by atoms with Crippen LogP contribution in [-0.4, -0.2) is 12.5 Å². The molecule has 0 aliphatic carbocycles. The predicted molar refractivity (Wildman–Crippen MR) is 119 cm³/mol. The van der Waals surface area contributed by atoms with Crippen molar-refractivity contribution in [2.24, 2.45) is 0 Å². The van der Waals surface area contributed by atoms with Gasteiger partial charge in [0.2, 0.25) is 0 Å². The van der Waals surface area contributed by atoms with Crippen LogP contribution in [-0.2, 0) is 4.79 Å². The number of aryl methyl sites for hydroxylation is 1. The Balaban J connectivity index is 1.55. The summed E-state index contributed by atoms with van der Waals surface area (Å²) in [6.07, 6.45) is 0. The third-order valence-corrected chi connectivity index (χ3v) is 5.03. The summed E-state index contributed by atoms with van der Waals surface area (Å²) in [5, 5.41) is 3.45. The molecular weight excluding hydrogens is 509 g/mol. The Morgan fingerprint density at radius 1 is 1.00 bits per heavy atom. The molecule has 0 radical (unpaired) electrons. The van der Waals surface area contributed by atoms with Gasteiger partial charge in [0.05, 0.1) is 4.47 Å². The molecule has 0 saturated heterocycles. The first-order chi connectivity index (χ1) is 13.4. The van der Waals surface area contributed by atoms with Gasteiger partial charge in [0.25, 0.3) is 5.91 Å². The van der Waals surface area contributed by atoms with E-state index in [2.05, 4.69) is 37.2 Å². The van der Waals surface area contributed by atoms with E-state index in [1.165, 1.54) is 0 Å². The average Bonchev–Trinajstić information content (AvgIpc) is 2.64. The zero-order valence-electron chi connectivity index (χ0n) is 14.8. The standard InChI is InChI=1S/C21H16Br2ClNO3/c1-13-10-14(22)11-19(23)21(13)27-12-20(26)25-16-4-8-18(9-5-16)28-17-6-2-15(24)3-7-17/h2-11H,12H2,1H3,(H,25,26). The average molecular weight is 526 g/mol. The van der Waals surface area contributed by atoms with Gasteiger partial charge in [0.1, 0.15) is 17.2 Å². The third-order valence-electron chi connectivity index (χ3n) is 3.73. The maximum absolute atomic E-state index is 12.2. The molecule has 3 rings (SSSR count). The van der Waals surface area contributed by atoms with Crippen LogP contribution in [0.3, 0.4) is 0 Å². The van der Waals surface area contributed by atoms with Crippen LogP contribution in [0, 0.1) is 6.92 Å². The summed E-state index contributed by atoms with van der Waals surface area (Å²) in [6.45, 7) is 1.83. The quantitative estimate of drug-likeness (QED) is 0.378. The maximum Gasteiger partial charge on any atom is 0.262 e. The number of carbonyl (C=O) groups is 1. The second kappa shape index (κ2) is 9.45. The molecule has 0 bridgehead atoms. The minimum absolute atomic E-state index is 0.0932. The second-order valence-corrected chi connectivity index (χ2v) is 8.16. The van der Waals surface area contributed by atoms with Crippen LogP contribution >= 0.6 is 43.5 Å². The normalized spacial score (nSPS) is 10.4. The topological polar surface area (TPSA) is 47.6 Å². The Bertz CT molecular complexity index is 953. The summed E-state index contributed by atoms with van der Waals surface area (Å²) in [5.41, 5.74) is 1.58. The number of nitrogens with one attached hydrogen (secondary N) is 1. The van der Waals surface area contributed by atoms with Crippen molar-refractivity contribution >= 4 is 55.1 Å². The van der Waals surface area contributed by atoms with Crippen LogP contribution in [0.2, 0.25) is 5.02 Å². The second-order valence-electron chi connectivity index (χ2n) is 5.95. The molecule has 0 saturated carbocycles. The number of amides is 1. The molecule has 0 aliphatic heterocycles. The lowest BCUT2D eigenvalue weighted by atomic mass is 10.2. The zero-order valence-corrected chi connectivity index (χ0v) is 18.8. The Labute approximate surface area is 185 Å². The molecule has 0 heterocycles. The van der Waals surface area contributed by atoms with Crippen molar-refractivity contribution in [1.82, 2.24) is 0 Å². The van der Waals surface area contributed by atoms with E-state index in [9.17, 15) is 4.79 Å². The van der Waals surface area contributed by atoms with Crippen molar-refractivity contribution in [3.8, 4) is 17.2 Å². The van der Waals surface area contributed by atoms with Gasteiger partial charge in [-0.05, 0) is 89.1 Å². The van der Waals surface area contributed by atoms with Gasteiger partial charge < -0.3 is 14.8 Å². The number of rotatable bonds is 6. The van der Waals surface area contributed by atoms with Gasteiger partial charge in [-0.15, -0.1) is 0 Å². The lowest BCUT2D eigenvalue weighted by molar-refractivity contribution is -0.118. The van der Waals surface area contributed by atoms with Crippen LogP contribution in [0.5, 0.6) is 17.2 Å². The van der Waals surface area contributed by atoms with Gasteiger partial charge in [-0.25, -0.2) is 0 Å². The monoisotopic (exact) mass is 523 g/mol. The Morgan fingerprint density at radius 3 is 2.21 bits per heavy atom. The van der Waals surface area contributed by atoms with Crippen LogP contribution in [0.4, 0.5) is 5.69 Å². The molecule has 4 nitrogen and oxygen atoms in total. The number of anilines is 1. The van der Waals surface area contributed by atoms with Crippen LogP contribution in [0.15, 0.2) is 69.6 Å². The highest BCUT2D eigenvalue weighted by molar-refractivity contribution is 9.11. The first-order valence-corrected chi connectivity index (χ1v) is 10.3. The fourth-order valence-electron chi connectivity index (χ4n) is 2.45. The number of hydrogen-bond donors (Lipinski definition) is 1. The van der Waals surface area contributed by atoms with E-state index in [1.54, 1.807) is 48.5 Å². The van der Waals surface area contributed by atoms with E-state index in [4.69, 9.17) is 21.1 Å². The fourth-order valence-corrected chi connectivity index (χ4v) is 4.13. The predicted octanol–water partition coefficient (Wildman–Crippen LogP) is 6.98. The van der Waals surface area contributed by atoms with Crippen molar-refractivity contribution < 1.29 is 14.3 Å². The molecule has 0 fully saturated rings. The summed E-state index contributed by atoms with van der Waals surface area (Å²) < 4.78 is 13.1. The van der Waals surface area contributed by atoms with Gasteiger partial charge in [-0.3, -0.25) is 4.79 Å². The molecule has 3 aromatic rings. The lowest BCUT2D eigenvalue weighted by Crippen LogP contribution is -2.20. The smallest absolute Gasteiger partial charge is 0.262 e. The van der Waals surface area contributed by atoms with E-state index in [1.807, 2.05) is 19.1 Å². The first kappa shape index (κ1) is 20.7. The minimum Gasteiger partial charge on any atom is -0.482 e. The minimum atomic E-state index is -0.249. The number of hydrogen-bond acceptors (Lipinski definition) is 3. The van der Waals surface area contributed by atoms with E-state index in [0.717, 1.165) is 14.5 Å². The summed E-state index contributed by atoms with van der Waals surface area (Å²) in [7, 11) is 0. The van der Waals surface area contributed by atoms with Gasteiger partial charge >= 0.3 is 0 Å². The van der Waals surface area contributed by atoms with Crippen molar-refractivity contribution in [2.75, 3.05) is 11.9 Å². The van der Waals surface area contributed by atoms with Crippen molar-refractivity contribution in [3.63, 3.8) is 0 Å². The molecule has 0 aromatic heterocycles. The van der Waals surface area contributed by atoms with Crippen LogP contribution < -0.4 is 14.8 Å². The SMILES string of the molecule is Cc1cc(Br)cc(Br)c1OCC(=O)Nc1ccc(Oc2ccc(Cl)cc2)cc1. The summed E-state index contributed by atoms with van der Waals surface area (Å²) >= 11 is 12.7. The van der Waals surface area contributed by atoms with E-state index in [-0.39, 0.29) is 12.5 Å². The zero-order chi connectivity index (χ0) is 20.1. The van der Waals surface area contributed by atoms with Gasteiger partial charge in [-0.2, -0.15) is 0 Å². The number of ether oxygens (including phenoxy) is 2. The fraction of sp³-hybridized carbons (Fsp3) is 0.0952. The molecule has 1 N–H and O–H groups in total. The lowest BCUT2D eigenvalue weighted by Gasteiger charge is -2.12. The molecule has 28 heavy (non-hydrogen) atoms. The highest BCUT2D eigenvalue weighted by atomic mass is 79.9. The van der Waals surface area contributed by atoms with Gasteiger partial charge in [0, 0.05) is 15.2 Å². The molecule has 0 unspecified atom stereocenters. The summed E-state index contributed by atoms with van der Waals surface area (Å²) in [6, 6.07) is 18.0. The Kier molecular flexibility index (Phi) is 6.99. The highest BCUT2D eigenvalue weighted by Crippen LogP contribution is 2.32. The molecule has 0 spiro atoms. The third kappa shape index (κ3) is 5.74. The molecule has 0 atom stereocenters. The van der Waals surface area contributed by atoms with Gasteiger partial charge in [-0.1, -0.05) is 27.5 Å². The molecule has 7 heteroatoms. The summed E-state index contributed by atoms with van der Waals surface area (Å²) in [4.78, 5) is 12.2. The van der Waals surface area contributed by atoms with Crippen molar-refractivity contribution in [3.05, 3.63) is 80.2 Å². The summed E-state index contributed by atoms with van der Waals surface area (Å²) in [5.74, 6) is 1.74. The first-order valence-electron chi connectivity index (χ1n) is 8.32. The number of benzene rings is 3. The highest BCUT2D eigenvalue weighted by Gasteiger charge is 2.10. The molecule has 144 valence electrons. The molecule has 1 amide bonds. The molecular formula is C21H16Br2ClNO3. The maximum atomic E-state index is 12.2. The molecule has 0 aliphatic rings. The van der Waals surface area contributed by atoms with Crippen molar-refractivity contribution in [1.29, 1.82) is 0 Å². The Hall–Kier alpha value is -2.02. The van der Waals surface area contributed by atoms with E-state index >= 15 is 0 Å².